The monoisotopic (exact) mass is 492 g/mol. The summed E-state index contributed by atoms with van der Waals surface area (Å²) >= 11 is 5.91. The van der Waals surface area contributed by atoms with Gasteiger partial charge in [0.2, 0.25) is 0 Å². The molecular weight excluding hydrogens is 473 g/mol. The maximum atomic E-state index is 12.8. The first-order valence-electron chi connectivity index (χ1n) is 10.2. The molecule has 5 rings (SSSR count). The third-order valence-electron chi connectivity index (χ3n) is 5.53. The van der Waals surface area contributed by atoms with Gasteiger partial charge in [0.05, 0.1) is 36.7 Å². The van der Waals surface area contributed by atoms with Crippen molar-refractivity contribution in [1.82, 2.24) is 34.6 Å². The Hall–Kier alpha value is -3.54. The van der Waals surface area contributed by atoms with Crippen LogP contribution in [0.2, 0.25) is 5.15 Å². The van der Waals surface area contributed by atoms with E-state index in [9.17, 15) is 18.0 Å². The molecule has 4 heterocycles. The van der Waals surface area contributed by atoms with Gasteiger partial charge < -0.3 is 10.1 Å². The van der Waals surface area contributed by atoms with Gasteiger partial charge in [0.15, 0.2) is 11.5 Å². The molecule has 1 aliphatic carbocycles. The quantitative estimate of drug-likeness (QED) is 0.430. The number of hydrogen-bond acceptors (Lipinski definition) is 7. The normalized spacial score (nSPS) is 16.6. The zero-order chi connectivity index (χ0) is 24.7. The summed E-state index contributed by atoms with van der Waals surface area (Å²) in [5.74, 6) is -0.422. The lowest BCUT2D eigenvalue weighted by atomic mass is 9.86. The van der Waals surface area contributed by atoms with Crippen molar-refractivity contribution < 1.29 is 18.0 Å². The average molecular weight is 493 g/mol. The van der Waals surface area contributed by atoms with Gasteiger partial charge in [-0.15, -0.1) is 4.80 Å². The first-order chi connectivity index (χ1) is 16.0. The number of alkyl halides is 3. The van der Waals surface area contributed by atoms with Crippen LogP contribution in [0.15, 0.2) is 37.1 Å². The highest BCUT2D eigenvalue weighted by molar-refractivity contribution is 6.29. The number of carbonyl (C=O) groups is 1. The molecule has 4 aromatic rings. The molecule has 1 atom stereocenters. The summed E-state index contributed by atoms with van der Waals surface area (Å²) in [6.45, 7) is 4.25. The number of carbonyl (C=O) groups excluding carboxylic acids is 1. The number of halogens is 4. The minimum absolute atomic E-state index is 0.0697. The fourth-order valence-electron chi connectivity index (χ4n) is 4.06. The van der Waals surface area contributed by atoms with Gasteiger partial charge in [0.1, 0.15) is 17.0 Å². The molecule has 1 N–H and O–H groups in total. The van der Waals surface area contributed by atoms with E-state index in [1.54, 1.807) is 16.9 Å². The zero-order valence-corrected chi connectivity index (χ0v) is 19.1. The summed E-state index contributed by atoms with van der Waals surface area (Å²) in [7, 11) is 1.52. The van der Waals surface area contributed by atoms with E-state index in [1.807, 2.05) is 0 Å². The van der Waals surface area contributed by atoms with Crippen LogP contribution in [0.3, 0.4) is 0 Å². The second-order valence-electron chi connectivity index (χ2n) is 8.30. The van der Waals surface area contributed by atoms with Crippen molar-refractivity contribution in [3.8, 4) is 5.82 Å². The lowest BCUT2D eigenvalue weighted by Crippen LogP contribution is -2.14. The Morgan fingerprint density at radius 2 is 1.91 bits per heavy atom. The zero-order valence-electron chi connectivity index (χ0n) is 18.4. The largest absolute Gasteiger partial charge is 0.420 e. The molecule has 13 heteroatoms. The molecule has 178 valence electrons. The molecular formula is C21H20ClF3N8O. The van der Waals surface area contributed by atoms with Gasteiger partial charge in [-0.2, -0.15) is 28.5 Å². The topological polar surface area (TPSA) is 103 Å². The summed E-state index contributed by atoms with van der Waals surface area (Å²) in [5.41, 5.74) is 2.16. The van der Waals surface area contributed by atoms with Crippen LogP contribution in [0, 0.1) is 0 Å². The Morgan fingerprint density at radius 3 is 2.53 bits per heavy atom. The molecule has 34 heavy (non-hydrogen) atoms. The molecule has 0 fully saturated rings. The Kier molecular flexibility index (Phi) is 6.02. The van der Waals surface area contributed by atoms with Gasteiger partial charge in [0, 0.05) is 18.5 Å². The van der Waals surface area contributed by atoms with E-state index in [1.165, 1.54) is 25.6 Å². The molecule has 0 saturated carbocycles. The lowest BCUT2D eigenvalue weighted by Gasteiger charge is -2.18. The van der Waals surface area contributed by atoms with E-state index < -0.39 is 11.7 Å². The number of imidazole rings is 1. The fraction of sp³-hybridized carbons (Fsp3) is 0.333. The number of anilines is 1. The van der Waals surface area contributed by atoms with E-state index in [0.717, 1.165) is 40.3 Å². The van der Waals surface area contributed by atoms with Crippen LogP contribution < -0.4 is 5.32 Å². The minimum Gasteiger partial charge on any atom is -0.387 e. The van der Waals surface area contributed by atoms with E-state index >= 15 is 0 Å². The summed E-state index contributed by atoms with van der Waals surface area (Å²) in [6, 6.07) is 0.964. The number of fused-ring (bicyclic) bond motifs is 3. The van der Waals surface area contributed by atoms with Crippen molar-refractivity contribution in [3.05, 3.63) is 58.9 Å². The predicted octanol–water partition coefficient (Wildman–Crippen LogP) is 4.07. The number of rotatable bonds is 3. The molecule has 0 radical (unpaired) electrons. The summed E-state index contributed by atoms with van der Waals surface area (Å²) in [4.78, 5) is 20.0. The summed E-state index contributed by atoms with van der Waals surface area (Å²) in [6.07, 6.45) is 4.59. The van der Waals surface area contributed by atoms with Gasteiger partial charge in [-0.1, -0.05) is 25.4 Å². The van der Waals surface area contributed by atoms with Crippen molar-refractivity contribution in [1.29, 1.82) is 0 Å². The van der Waals surface area contributed by atoms with Gasteiger partial charge in [0.25, 0.3) is 0 Å². The highest BCUT2D eigenvalue weighted by Crippen LogP contribution is 2.46. The third kappa shape index (κ3) is 4.32. The standard InChI is InChI=1S/C12H12ClN3O.C9H8F3N5/c1-12(2)3-7(6-17)8-4-14-16-5-9(13)15-11(16)10(8)12;1-13-6-4-7(9(10,11)12)8(14-5-6)17-15-2-3-16-17/h4-7H,3H2,1-2H3;2-5,13H,1H3. The van der Waals surface area contributed by atoms with Gasteiger partial charge >= 0.3 is 6.18 Å². The van der Waals surface area contributed by atoms with Gasteiger partial charge in [-0.3, -0.25) is 0 Å². The van der Waals surface area contributed by atoms with Crippen LogP contribution >= 0.6 is 11.6 Å². The molecule has 1 unspecified atom stereocenters. The van der Waals surface area contributed by atoms with Crippen molar-refractivity contribution in [2.24, 2.45) is 0 Å². The molecule has 9 nitrogen and oxygen atoms in total. The van der Waals surface area contributed by atoms with Crippen LogP contribution in [0.25, 0.3) is 11.5 Å². The number of aromatic nitrogens is 7. The van der Waals surface area contributed by atoms with Crippen molar-refractivity contribution in [2.75, 3.05) is 12.4 Å². The summed E-state index contributed by atoms with van der Waals surface area (Å²) < 4.78 is 40.1. The van der Waals surface area contributed by atoms with Crippen LogP contribution in [0.1, 0.15) is 42.9 Å². The Bertz CT molecular complexity index is 1330. The highest BCUT2D eigenvalue weighted by atomic mass is 35.5. The number of nitrogens with zero attached hydrogens (tertiary/aromatic N) is 7. The van der Waals surface area contributed by atoms with Crippen molar-refractivity contribution >= 4 is 29.2 Å². The van der Waals surface area contributed by atoms with Crippen molar-refractivity contribution in [3.63, 3.8) is 0 Å². The summed E-state index contributed by atoms with van der Waals surface area (Å²) in [5, 5.41) is 14.6. The number of pyridine rings is 1. The molecule has 0 aromatic carbocycles. The maximum absolute atomic E-state index is 12.8. The van der Waals surface area contributed by atoms with Crippen LogP contribution in [0.5, 0.6) is 0 Å². The van der Waals surface area contributed by atoms with Crippen molar-refractivity contribution in [2.45, 2.75) is 37.8 Å². The van der Waals surface area contributed by atoms with Crippen LogP contribution in [0.4, 0.5) is 18.9 Å². The Balaban J connectivity index is 0.000000161. The van der Waals surface area contributed by atoms with Crippen LogP contribution in [-0.4, -0.2) is 47.9 Å². The number of hydrogen-bond donors (Lipinski definition) is 1. The Morgan fingerprint density at radius 1 is 1.21 bits per heavy atom. The molecule has 0 bridgehead atoms. The molecule has 4 aromatic heterocycles. The molecule has 1 aliphatic rings. The van der Waals surface area contributed by atoms with E-state index in [-0.39, 0.29) is 22.8 Å². The number of nitrogens with one attached hydrogen (secondary N) is 1. The predicted molar refractivity (Wildman–Crippen MR) is 118 cm³/mol. The first kappa shape index (κ1) is 23.6. The SMILES string of the molecule is CC1(C)CC(C=O)c2cnn3cc(Cl)nc3c21.CNc1cnc(-n2nccn2)c(C(F)(F)F)c1. The molecule has 0 saturated heterocycles. The minimum atomic E-state index is -4.51. The second-order valence-corrected chi connectivity index (χ2v) is 8.69. The molecule has 0 spiro atoms. The van der Waals surface area contributed by atoms with E-state index in [4.69, 9.17) is 11.6 Å². The molecule has 0 amide bonds. The fourth-order valence-corrected chi connectivity index (χ4v) is 4.24. The second kappa shape index (κ2) is 8.67. The van der Waals surface area contributed by atoms with E-state index in [2.05, 4.69) is 44.4 Å². The lowest BCUT2D eigenvalue weighted by molar-refractivity contribution is -0.137. The van der Waals surface area contributed by atoms with E-state index in [0.29, 0.717) is 5.15 Å². The maximum Gasteiger partial charge on any atom is 0.420 e. The van der Waals surface area contributed by atoms with Gasteiger partial charge in [-0.25, -0.2) is 14.5 Å². The van der Waals surface area contributed by atoms with Crippen LogP contribution in [-0.2, 0) is 16.4 Å². The smallest absolute Gasteiger partial charge is 0.387 e. The number of aldehydes is 1. The average Bonchev–Trinajstić information content (AvgIpc) is 3.50. The first-order valence-corrected chi connectivity index (χ1v) is 10.5. The van der Waals surface area contributed by atoms with Gasteiger partial charge in [-0.05, 0) is 23.5 Å². The third-order valence-corrected chi connectivity index (χ3v) is 5.71. The molecule has 0 aliphatic heterocycles. The Labute approximate surface area is 197 Å². The highest BCUT2D eigenvalue weighted by Gasteiger charge is 2.39.